The van der Waals surface area contributed by atoms with Gasteiger partial charge in [0.15, 0.2) is 11.6 Å². The van der Waals surface area contributed by atoms with Crippen LogP contribution in [0.2, 0.25) is 0 Å². The number of rotatable bonds is 2. The fourth-order valence-corrected chi connectivity index (χ4v) is 2.45. The lowest BCUT2D eigenvalue weighted by Crippen LogP contribution is -2.16. The third kappa shape index (κ3) is 2.13. The summed E-state index contributed by atoms with van der Waals surface area (Å²) in [5.41, 5.74) is 0.689. The van der Waals surface area contributed by atoms with Crippen molar-refractivity contribution in [1.82, 2.24) is 0 Å². The minimum absolute atomic E-state index is 0.00387. The van der Waals surface area contributed by atoms with Crippen molar-refractivity contribution in [3.05, 3.63) is 59.2 Å². The second kappa shape index (κ2) is 5.04. The summed E-state index contributed by atoms with van der Waals surface area (Å²) in [5.74, 6) is -0.940. The first kappa shape index (κ1) is 13.9. The molecule has 0 amide bonds. The van der Waals surface area contributed by atoms with Crippen molar-refractivity contribution in [3.8, 4) is 17.2 Å². The van der Waals surface area contributed by atoms with E-state index in [9.17, 15) is 19.8 Å². The Morgan fingerprint density at radius 1 is 1.00 bits per heavy atom. The van der Waals surface area contributed by atoms with E-state index in [1.54, 1.807) is 24.3 Å². The number of ether oxygens (including phenoxy) is 1. The van der Waals surface area contributed by atoms with Crippen LogP contribution in [0.4, 0.5) is 0 Å². The molecular formula is C17H12O5. The Bertz CT molecular complexity index is 816. The molecule has 0 bridgehead atoms. The Hall–Kier alpha value is -3.08. The maximum absolute atomic E-state index is 12.5. The van der Waals surface area contributed by atoms with E-state index in [0.29, 0.717) is 11.3 Å². The summed E-state index contributed by atoms with van der Waals surface area (Å²) in [5, 5.41) is 19.3. The zero-order chi connectivity index (χ0) is 15.9. The number of hydrogen-bond donors (Lipinski definition) is 2. The van der Waals surface area contributed by atoms with Crippen LogP contribution in [0.25, 0.3) is 5.57 Å². The molecule has 5 nitrogen and oxygen atoms in total. The maximum Gasteiger partial charge on any atom is 0.194 e. The molecule has 0 fully saturated rings. The fraction of sp³-hybridized carbons (Fsp3) is 0.0588. The molecule has 3 rings (SSSR count). The number of phenols is 2. The van der Waals surface area contributed by atoms with Gasteiger partial charge in [-0.05, 0) is 29.8 Å². The minimum atomic E-state index is -0.474. The van der Waals surface area contributed by atoms with Crippen LogP contribution in [0.5, 0.6) is 17.2 Å². The quantitative estimate of drug-likeness (QED) is 0.889. The van der Waals surface area contributed by atoms with Crippen LogP contribution in [0, 0.1) is 0 Å². The number of carbonyl (C=O) groups excluding carboxylic acids is 2. The van der Waals surface area contributed by atoms with E-state index >= 15 is 0 Å². The molecule has 0 unspecified atom stereocenters. The summed E-state index contributed by atoms with van der Waals surface area (Å²) < 4.78 is 5.05. The van der Waals surface area contributed by atoms with Gasteiger partial charge in [0.05, 0.1) is 12.7 Å². The largest absolute Gasteiger partial charge is 0.508 e. The first-order valence-corrected chi connectivity index (χ1v) is 6.52. The van der Waals surface area contributed by atoms with Gasteiger partial charge < -0.3 is 14.9 Å². The second-order valence-electron chi connectivity index (χ2n) is 4.87. The number of Topliss-reactive ketones (excluding diaryl/α,β-unsaturated/α-hetero) is 1. The van der Waals surface area contributed by atoms with Crippen molar-refractivity contribution >= 4 is 17.1 Å². The second-order valence-corrected chi connectivity index (χ2v) is 4.87. The van der Waals surface area contributed by atoms with Crippen LogP contribution in [-0.4, -0.2) is 28.9 Å². The zero-order valence-electron chi connectivity index (χ0n) is 11.7. The van der Waals surface area contributed by atoms with Crippen molar-refractivity contribution in [2.24, 2.45) is 0 Å². The summed E-state index contributed by atoms with van der Waals surface area (Å²) in [7, 11) is 1.53. The molecule has 0 radical (unpaired) electrons. The molecule has 1 aliphatic rings. The molecule has 1 aliphatic carbocycles. The third-order valence-electron chi connectivity index (χ3n) is 3.51. The molecule has 0 heterocycles. The Balaban J connectivity index is 2.12. The standard InChI is InChI=1S/C17H12O5/c1-22-11-4-2-9(3-5-11)12-8-15(20)16-13(17(12)21)6-10(18)7-14(16)19/h2-8,18-19H,1H3. The lowest BCUT2D eigenvalue weighted by molar-refractivity contribution is 0.0999. The number of phenolic OH excluding ortho intramolecular Hbond substituents is 2. The van der Waals surface area contributed by atoms with Crippen LogP contribution in [0.15, 0.2) is 42.5 Å². The molecule has 0 atom stereocenters. The van der Waals surface area contributed by atoms with Crippen LogP contribution < -0.4 is 4.74 Å². The number of carbonyl (C=O) groups is 2. The van der Waals surface area contributed by atoms with Gasteiger partial charge in [-0.2, -0.15) is 0 Å². The van der Waals surface area contributed by atoms with Crippen molar-refractivity contribution in [2.45, 2.75) is 0 Å². The van der Waals surface area contributed by atoms with Gasteiger partial charge in [0, 0.05) is 17.2 Å². The number of ketones is 2. The maximum atomic E-state index is 12.5. The normalized spacial score (nSPS) is 13.6. The number of hydrogen-bond acceptors (Lipinski definition) is 5. The van der Waals surface area contributed by atoms with E-state index in [0.717, 1.165) is 6.07 Å². The van der Waals surface area contributed by atoms with Crippen LogP contribution in [0.3, 0.4) is 0 Å². The average molecular weight is 296 g/mol. The Kier molecular flexibility index (Phi) is 3.18. The fourth-order valence-electron chi connectivity index (χ4n) is 2.45. The predicted molar refractivity (Wildman–Crippen MR) is 79.4 cm³/mol. The highest BCUT2D eigenvalue weighted by Gasteiger charge is 2.29. The van der Waals surface area contributed by atoms with E-state index < -0.39 is 17.3 Å². The SMILES string of the molecule is COc1ccc(C2=CC(=O)c3c(O)cc(O)cc3C2=O)cc1. The summed E-state index contributed by atoms with van der Waals surface area (Å²) >= 11 is 0. The average Bonchev–Trinajstić information content (AvgIpc) is 2.50. The molecule has 22 heavy (non-hydrogen) atoms. The molecule has 2 aromatic carbocycles. The van der Waals surface area contributed by atoms with Gasteiger partial charge in [-0.25, -0.2) is 0 Å². The lowest BCUT2D eigenvalue weighted by Gasteiger charge is -2.16. The molecule has 2 aromatic rings. The highest BCUT2D eigenvalue weighted by molar-refractivity contribution is 6.39. The third-order valence-corrected chi connectivity index (χ3v) is 3.51. The van der Waals surface area contributed by atoms with Gasteiger partial charge in [-0.1, -0.05) is 12.1 Å². The number of aromatic hydroxyl groups is 2. The monoisotopic (exact) mass is 296 g/mol. The Morgan fingerprint density at radius 3 is 2.32 bits per heavy atom. The highest BCUT2D eigenvalue weighted by atomic mass is 16.5. The van der Waals surface area contributed by atoms with Gasteiger partial charge in [0.2, 0.25) is 0 Å². The van der Waals surface area contributed by atoms with Gasteiger partial charge in [-0.3, -0.25) is 9.59 Å². The molecule has 5 heteroatoms. The molecule has 0 aromatic heterocycles. The summed E-state index contributed by atoms with van der Waals surface area (Å²) in [6.45, 7) is 0. The molecular weight excluding hydrogens is 284 g/mol. The van der Waals surface area contributed by atoms with E-state index in [1.165, 1.54) is 19.3 Å². The van der Waals surface area contributed by atoms with Gasteiger partial charge in [-0.15, -0.1) is 0 Å². The van der Waals surface area contributed by atoms with Crippen LogP contribution >= 0.6 is 0 Å². The predicted octanol–water partition coefficient (Wildman–Crippen LogP) is 2.57. The number of allylic oxidation sites excluding steroid dienone is 2. The summed E-state index contributed by atoms with van der Waals surface area (Å²) in [6.07, 6.45) is 1.20. The van der Waals surface area contributed by atoms with E-state index in [1.807, 2.05) is 0 Å². The van der Waals surface area contributed by atoms with E-state index in [-0.39, 0.29) is 22.4 Å². The summed E-state index contributed by atoms with van der Waals surface area (Å²) in [6, 6.07) is 8.93. The molecule has 0 saturated carbocycles. The number of fused-ring (bicyclic) bond motifs is 1. The molecule has 0 aliphatic heterocycles. The van der Waals surface area contributed by atoms with Crippen molar-refractivity contribution in [1.29, 1.82) is 0 Å². The van der Waals surface area contributed by atoms with Crippen molar-refractivity contribution in [3.63, 3.8) is 0 Å². The Labute approximate surface area is 126 Å². The van der Waals surface area contributed by atoms with Crippen molar-refractivity contribution in [2.75, 3.05) is 7.11 Å². The zero-order valence-corrected chi connectivity index (χ0v) is 11.7. The lowest BCUT2D eigenvalue weighted by atomic mass is 9.85. The van der Waals surface area contributed by atoms with Gasteiger partial charge >= 0.3 is 0 Å². The molecule has 110 valence electrons. The van der Waals surface area contributed by atoms with E-state index in [2.05, 4.69) is 0 Å². The number of methoxy groups -OCH3 is 1. The first-order valence-electron chi connectivity index (χ1n) is 6.52. The van der Waals surface area contributed by atoms with Crippen LogP contribution in [0.1, 0.15) is 26.3 Å². The first-order chi connectivity index (χ1) is 10.5. The topological polar surface area (TPSA) is 83.8 Å². The van der Waals surface area contributed by atoms with Crippen LogP contribution in [-0.2, 0) is 0 Å². The Morgan fingerprint density at radius 2 is 1.68 bits per heavy atom. The smallest absolute Gasteiger partial charge is 0.194 e. The van der Waals surface area contributed by atoms with Gasteiger partial charge in [0.1, 0.15) is 17.2 Å². The van der Waals surface area contributed by atoms with Crippen molar-refractivity contribution < 1.29 is 24.5 Å². The minimum Gasteiger partial charge on any atom is -0.508 e. The summed E-state index contributed by atoms with van der Waals surface area (Å²) in [4.78, 5) is 24.7. The molecule has 2 N–H and O–H groups in total. The van der Waals surface area contributed by atoms with E-state index in [4.69, 9.17) is 4.74 Å². The number of benzene rings is 2. The molecule has 0 spiro atoms. The molecule has 0 saturated heterocycles. The highest BCUT2D eigenvalue weighted by Crippen LogP contribution is 2.35. The van der Waals surface area contributed by atoms with Gasteiger partial charge in [0.25, 0.3) is 0 Å².